The fourth-order valence-corrected chi connectivity index (χ4v) is 10.1. The smallest absolute Gasteiger partial charge is 0.333 e. The molecule has 0 spiro atoms. The molecule has 0 amide bonds. The molecule has 224 valence electrons. The summed E-state index contributed by atoms with van der Waals surface area (Å²) >= 11 is 29.7. The van der Waals surface area contributed by atoms with E-state index in [0.29, 0.717) is 40.5 Å². The topological polar surface area (TPSA) is 71.1 Å². The lowest BCUT2D eigenvalue weighted by atomic mass is 9.78. The normalized spacial score (nSPS) is 11.2. The summed E-state index contributed by atoms with van der Waals surface area (Å²) in [5.41, 5.74) is 1.86. The predicted molar refractivity (Wildman–Crippen MR) is 189 cm³/mol. The number of ether oxygens (including phenoxy) is 4. The second-order valence-corrected chi connectivity index (χ2v) is 15.4. The van der Waals surface area contributed by atoms with Crippen molar-refractivity contribution < 1.29 is 28.5 Å². The van der Waals surface area contributed by atoms with Crippen LogP contribution in [-0.4, -0.2) is 38.4 Å². The van der Waals surface area contributed by atoms with Gasteiger partial charge in [-0.1, -0.05) is 27.0 Å². The zero-order valence-corrected chi connectivity index (χ0v) is 34.9. The Bertz CT molecular complexity index is 1240. The number of benzene rings is 2. The van der Waals surface area contributed by atoms with Gasteiger partial charge in [0.05, 0.1) is 17.9 Å². The molecule has 0 saturated carbocycles. The van der Waals surface area contributed by atoms with Gasteiger partial charge in [0.25, 0.3) is 0 Å². The van der Waals surface area contributed by atoms with E-state index in [4.69, 9.17) is 18.9 Å². The summed E-state index contributed by atoms with van der Waals surface area (Å²) in [6.45, 7) is 14.9. The highest BCUT2D eigenvalue weighted by Crippen LogP contribution is 2.56. The van der Waals surface area contributed by atoms with Gasteiger partial charge in [0, 0.05) is 34.5 Å². The number of carbonyl (C=O) groups excluding carboxylic acids is 2. The fourth-order valence-electron chi connectivity index (χ4n) is 3.50. The third-order valence-corrected chi connectivity index (χ3v) is 13.8. The number of hydrogen-bond donors (Lipinski definition) is 0. The molecule has 0 N–H and O–H groups in total. The third kappa shape index (κ3) is 8.73. The van der Waals surface area contributed by atoms with Gasteiger partial charge >= 0.3 is 11.9 Å². The molecule has 6 nitrogen and oxygen atoms in total. The second kappa shape index (κ2) is 16.0. The Balaban J connectivity index is 2.46. The van der Waals surface area contributed by atoms with Crippen LogP contribution in [0, 0.1) is 0 Å². The van der Waals surface area contributed by atoms with Crippen LogP contribution in [0.4, 0.5) is 0 Å². The minimum absolute atomic E-state index is 0.0692. The summed E-state index contributed by atoms with van der Waals surface area (Å²) in [4.78, 5) is 23.3. The number of halogens is 8. The van der Waals surface area contributed by atoms with Crippen molar-refractivity contribution in [3.8, 4) is 11.5 Å². The molecule has 0 aliphatic carbocycles. The molecule has 0 aliphatic rings. The van der Waals surface area contributed by atoms with Gasteiger partial charge in [0.2, 0.25) is 0 Å². The van der Waals surface area contributed by atoms with E-state index in [9.17, 15) is 9.59 Å². The molecular formula is C27H24Br8O6. The molecule has 0 aliphatic heterocycles. The minimum atomic E-state index is -0.615. The monoisotopic (exact) mass is 1080 g/mol. The molecule has 2 aromatic rings. The van der Waals surface area contributed by atoms with Crippen LogP contribution >= 0.6 is 127 Å². The van der Waals surface area contributed by atoms with Crippen LogP contribution in [0.1, 0.15) is 38.8 Å². The quantitative estimate of drug-likeness (QED) is 0.0913. The maximum atomic E-state index is 11.7. The molecule has 14 heteroatoms. The molecule has 0 atom stereocenters. The van der Waals surface area contributed by atoms with Crippen molar-refractivity contribution in [2.45, 2.75) is 33.1 Å². The van der Waals surface area contributed by atoms with Crippen LogP contribution in [-0.2, 0) is 24.5 Å². The first-order valence-electron chi connectivity index (χ1n) is 11.6. The molecule has 0 saturated heterocycles. The largest absolute Gasteiger partial charge is 0.488 e. The van der Waals surface area contributed by atoms with Crippen LogP contribution in [0.25, 0.3) is 0 Å². The Hall–Kier alpha value is 0.300. The lowest BCUT2D eigenvalue weighted by Crippen LogP contribution is -2.23. The van der Waals surface area contributed by atoms with Crippen LogP contribution < -0.4 is 9.47 Å². The molecule has 0 heterocycles. The molecule has 2 aromatic carbocycles. The maximum Gasteiger partial charge on any atom is 0.333 e. The molecule has 0 radical (unpaired) electrons. The Morgan fingerprint density at radius 1 is 0.561 bits per heavy atom. The van der Waals surface area contributed by atoms with Gasteiger partial charge in [-0.15, -0.1) is 0 Å². The Labute approximate surface area is 306 Å². The van der Waals surface area contributed by atoms with Gasteiger partial charge in [-0.25, -0.2) is 9.59 Å². The average Bonchev–Trinajstić information content (AvgIpc) is 2.89. The fraction of sp³-hybridized carbons (Fsp3) is 0.333. The highest BCUT2D eigenvalue weighted by atomic mass is 79.9. The first-order valence-corrected chi connectivity index (χ1v) is 17.9. The third-order valence-electron chi connectivity index (χ3n) is 5.52. The van der Waals surface area contributed by atoms with Crippen molar-refractivity contribution >= 4 is 139 Å². The highest BCUT2D eigenvalue weighted by Gasteiger charge is 2.37. The summed E-state index contributed by atoms with van der Waals surface area (Å²) in [7, 11) is 0. The maximum absolute atomic E-state index is 11.7. The Kier molecular flexibility index (Phi) is 14.7. The van der Waals surface area contributed by atoms with Gasteiger partial charge in [-0.3, -0.25) is 0 Å². The SMILES string of the molecule is C=C(C)C(=O)OCCOc1c(Br)c(Br)c(C(C)(C)c2c(Br)c(Br)c(OCCOC(=O)C(=C)C)c(Br)c2Br)c(Br)c1Br. The second-order valence-electron chi connectivity index (χ2n) is 9.07. The van der Waals surface area contributed by atoms with E-state index in [1.807, 2.05) is 0 Å². The number of rotatable bonds is 12. The van der Waals surface area contributed by atoms with E-state index in [1.165, 1.54) is 0 Å². The average molecular weight is 1080 g/mol. The van der Waals surface area contributed by atoms with Gasteiger partial charge in [0.15, 0.2) is 0 Å². The standard InChI is InChI=1S/C27H24Br8O6/c1-11(2)25(36)40-9-7-38-23-19(32)15(28)13(16(29)20(23)33)27(5,6)14-17(30)21(34)24(22(35)18(14)31)39-8-10-41-26(37)12(3)4/h1,3,7-10H2,2,4-6H3. The molecular weight excluding hydrogens is 1060 g/mol. The molecule has 0 aromatic heterocycles. The Morgan fingerprint density at radius 2 is 0.829 bits per heavy atom. The lowest BCUT2D eigenvalue weighted by Gasteiger charge is -2.33. The van der Waals surface area contributed by atoms with Crippen LogP contribution in [0.15, 0.2) is 60.1 Å². The summed E-state index contributed by atoms with van der Waals surface area (Å²) in [6, 6.07) is 0. The van der Waals surface area contributed by atoms with Gasteiger partial charge in [-0.2, -0.15) is 0 Å². The van der Waals surface area contributed by atoms with E-state index in [-0.39, 0.29) is 26.4 Å². The molecule has 0 unspecified atom stereocenters. The minimum Gasteiger partial charge on any atom is -0.488 e. The molecule has 0 fully saturated rings. The van der Waals surface area contributed by atoms with Crippen molar-refractivity contribution in [1.82, 2.24) is 0 Å². The summed E-state index contributed by atoms with van der Waals surface area (Å²) in [6.07, 6.45) is 0. The predicted octanol–water partition coefficient (Wildman–Crippen LogP) is 11.1. The first kappa shape index (κ1) is 37.5. The number of esters is 2. The van der Waals surface area contributed by atoms with E-state index in [1.54, 1.807) is 13.8 Å². The zero-order chi connectivity index (χ0) is 31.4. The van der Waals surface area contributed by atoms with E-state index in [2.05, 4.69) is 154 Å². The van der Waals surface area contributed by atoms with Gasteiger partial charge < -0.3 is 18.9 Å². The summed E-state index contributed by atoms with van der Waals surface area (Å²) in [5, 5.41) is 0. The number of hydrogen-bond acceptors (Lipinski definition) is 6. The van der Waals surface area contributed by atoms with Crippen LogP contribution in [0.3, 0.4) is 0 Å². The summed E-state index contributed by atoms with van der Waals surface area (Å²) in [5.74, 6) is 0.127. The molecule has 0 bridgehead atoms. The molecule has 41 heavy (non-hydrogen) atoms. The van der Waals surface area contributed by atoms with Crippen molar-refractivity contribution in [1.29, 1.82) is 0 Å². The Morgan fingerprint density at radius 3 is 1.07 bits per heavy atom. The first-order chi connectivity index (χ1) is 19.0. The van der Waals surface area contributed by atoms with Crippen LogP contribution in [0.2, 0.25) is 0 Å². The zero-order valence-electron chi connectivity index (χ0n) is 22.2. The van der Waals surface area contributed by atoms with Crippen LogP contribution in [0.5, 0.6) is 11.5 Å². The van der Waals surface area contributed by atoms with Gasteiger partial charge in [-0.05, 0) is 152 Å². The molecule has 2 rings (SSSR count). The summed E-state index contributed by atoms with van der Waals surface area (Å²) < 4.78 is 28.0. The van der Waals surface area contributed by atoms with Crippen molar-refractivity contribution in [3.63, 3.8) is 0 Å². The highest BCUT2D eigenvalue weighted by molar-refractivity contribution is 9.14. The van der Waals surface area contributed by atoms with E-state index in [0.717, 1.165) is 29.0 Å². The van der Waals surface area contributed by atoms with Crippen molar-refractivity contribution in [2.75, 3.05) is 26.4 Å². The van der Waals surface area contributed by atoms with E-state index >= 15 is 0 Å². The van der Waals surface area contributed by atoms with Crippen molar-refractivity contribution in [2.24, 2.45) is 0 Å². The lowest BCUT2D eigenvalue weighted by molar-refractivity contribution is -0.140. The number of carbonyl (C=O) groups is 2. The van der Waals surface area contributed by atoms with E-state index < -0.39 is 17.4 Å². The van der Waals surface area contributed by atoms with Gasteiger partial charge in [0.1, 0.15) is 37.9 Å². The van der Waals surface area contributed by atoms with Crippen molar-refractivity contribution in [3.05, 3.63) is 71.2 Å².